The van der Waals surface area contributed by atoms with Gasteiger partial charge in [0.25, 0.3) is 0 Å². The molecule has 0 unspecified atom stereocenters. The Kier molecular flexibility index (Phi) is 4.92. The highest BCUT2D eigenvalue weighted by atomic mass is 16.5. The van der Waals surface area contributed by atoms with Crippen molar-refractivity contribution in [1.82, 2.24) is 15.0 Å². The monoisotopic (exact) mass is 287 g/mol. The summed E-state index contributed by atoms with van der Waals surface area (Å²) in [5, 5.41) is 2.99. The minimum absolute atomic E-state index is 0.549. The maximum Gasteiger partial charge on any atom is 0.230 e. The molecule has 0 spiro atoms. The van der Waals surface area contributed by atoms with Crippen LogP contribution in [-0.2, 0) is 0 Å². The van der Waals surface area contributed by atoms with Crippen LogP contribution < -0.4 is 15.0 Å². The summed E-state index contributed by atoms with van der Waals surface area (Å²) in [4.78, 5) is 15.5. The van der Waals surface area contributed by atoms with E-state index >= 15 is 0 Å². The van der Waals surface area contributed by atoms with E-state index < -0.39 is 0 Å². The molecule has 6 nitrogen and oxygen atoms in total. The van der Waals surface area contributed by atoms with Gasteiger partial charge < -0.3 is 15.0 Å². The zero-order chi connectivity index (χ0) is 15.2. The average molecular weight is 287 g/mol. The molecule has 0 radical (unpaired) electrons. The smallest absolute Gasteiger partial charge is 0.230 e. The number of hydrogen-bond donors (Lipinski definition) is 1. The van der Waals surface area contributed by atoms with Gasteiger partial charge in [-0.2, -0.15) is 15.0 Å². The van der Waals surface area contributed by atoms with Crippen LogP contribution in [0.15, 0.2) is 24.3 Å². The van der Waals surface area contributed by atoms with Crippen molar-refractivity contribution in [2.24, 2.45) is 0 Å². The molecule has 0 aliphatic rings. The molecule has 0 bridgehead atoms. The SMILES string of the molecule is CCN(CC)c1nc(NC)nc(-c2ccccc2OC)n1. The fraction of sp³-hybridized carbons (Fsp3) is 0.400. The van der Waals surface area contributed by atoms with Crippen LogP contribution in [0, 0.1) is 0 Å². The first-order valence-electron chi connectivity index (χ1n) is 7.05. The normalized spacial score (nSPS) is 10.3. The number of methoxy groups -OCH3 is 1. The van der Waals surface area contributed by atoms with Crippen molar-refractivity contribution in [3.05, 3.63) is 24.3 Å². The van der Waals surface area contributed by atoms with E-state index in [0.29, 0.717) is 17.7 Å². The van der Waals surface area contributed by atoms with Gasteiger partial charge in [0.1, 0.15) is 5.75 Å². The summed E-state index contributed by atoms with van der Waals surface area (Å²) in [6.45, 7) is 5.84. The Bertz CT molecular complexity index is 598. The van der Waals surface area contributed by atoms with Crippen LogP contribution in [0.4, 0.5) is 11.9 Å². The molecule has 2 rings (SSSR count). The summed E-state index contributed by atoms with van der Waals surface area (Å²) >= 11 is 0. The summed E-state index contributed by atoms with van der Waals surface area (Å²) in [5.41, 5.74) is 0.854. The molecular formula is C15H21N5O. The highest BCUT2D eigenvalue weighted by molar-refractivity contribution is 5.65. The van der Waals surface area contributed by atoms with E-state index in [1.807, 2.05) is 24.3 Å². The van der Waals surface area contributed by atoms with Crippen molar-refractivity contribution in [3.63, 3.8) is 0 Å². The molecule has 0 amide bonds. The Balaban J connectivity index is 2.55. The summed E-state index contributed by atoms with van der Waals surface area (Å²) in [5.74, 6) is 2.57. The fourth-order valence-corrected chi connectivity index (χ4v) is 2.07. The van der Waals surface area contributed by atoms with E-state index in [0.717, 1.165) is 24.4 Å². The van der Waals surface area contributed by atoms with Gasteiger partial charge in [0.05, 0.1) is 12.7 Å². The Morgan fingerprint density at radius 2 is 1.81 bits per heavy atom. The van der Waals surface area contributed by atoms with Gasteiger partial charge in [-0.3, -0.25) is 0 Å². The zero-order valence-electron chi connectivity index (χ0n) is 12.9. The van der Waals surface area contributed by atoms with Crippen LogP contribution in [-0.4, -0.2) is 42.2 Å². The first-order chi connectivity index (χ1) is 10.2. The first kappa shape index (κ1) is 15.0. The van der Waals surface area contributed by atoms with Crippen LogP contribution in [0.3, 0.4) is 0 Å². The summed E-state index contributed by atoms with van der Waals surface area (Å²) < 4.78 is 5.39. The van der Waals surface area contributed by atoms with E-state index in [1.165, 1.54) is 0 Å². The number of nitrogens with one attached hydrogen (secondary N) is 1. The van der Waals surface area contributed by atoms with Gasteiger partial charge >= 0.3 is 0 Å². The molecule has 1 aromatic carbocycles. The van der Waals surface area contributed by atoms with Gasteiger partial charge in [-0.15, -0.1) is 0 Å². The average Bonchev–Trinajstić information content (AvgIpc) is 2.55. The standard InChI is InChI=1S/C15H21N5O/c1-5-20(6-2)15-18-13(17-14(16-3)19-15)11-9-7-8-10-12(11)21-4/h7-10H,5-6H2,1-4H3,(H,16,17,18,19). The van der Waals surface area contributed by atoms with Gasteiger partial charge in [0.2, 0.25) is 11.9 Å². The third-order valence-electron chi connectivity index (χ3n) is 3.24. The Hall–Kier alpha value is -2.37. The van der Waals surface area contributed by atoms with Crippen molar-refractivity contribution in [2.45, 2.75) is 13.8 Å². The predicted molar refractivity (Wildman–Crippen MR) is 84.9 cm³/mol. The summed E-state index contributed by atoms with van der Waals surface area (Å²) in [6, 6.07) is 7.71. The molecule has 0 aliphatic carbocycles. The van der Waals surface area contributed by atoms with Crippen LogP contribution >= 0.6 is 0 Å². The maximum atomic E-state index is 5.39. The van der Waals surface area contributed by atoms with Gasteiger partial charge in [0.15, 0.2) is 5.82 Å². The third kappa shape index (κ3) is 3.21. The van der Waals surface area contributed by atoms with Gasteiger partial charge in [-0.25, -0.2) is 0 Å². The van der Waals surface area contributed by atoms with E-state index in [4.69, 9.17) is 4.74 Å². The lowest BCUT2D eigenvalue weighted by atomic mass is 10.2. The summed E-state index contributed by atoms with van der Waals surface area (Å²) in [6.07, 6.45) is 0. The second-order valence-corrected chi connectivity index (χ2v) is 4.41. The lowest BCUT2D eigenvalue weighted by molar-refractivity contribution is 0.416. The number of para-hydroxylation sites is 1. The quantitative estimate of drug-likeness (QED) is 0.880. The molecule has 0 saturated carbocycles. The minimum Gasteiger partial charge on any atom is -0.496 e. The second-order valence-electron chi connectivity index (χ2n) is 4.41. The molecule has 0 saturated heterocycles. The second kappa shape index (κ2) is 6.88. The fourth-order valence-electron chi connectivity index (χ4n) is 2.07. The lowest BCUT2D eigenvalue weighted by Crippen LogP contribution is -2.25. The number of anilines is 2. The van der Waals surface area contributed by atoms with Gasteiger partial charge in [0, 0.05) is 20.1 Å². The molecule has 112 valence electrons. The minimum atomic E-state index is 0.549. The maximum absolute atomic E-state index is 5.39. The van der Waals surface area contributed by atoms with Crippen molar-refractivity contribution >= 4 is 11.9 Å². The molecule has 0 fully saturated rings. The topological polar surface area (TPSA) is 63.2 Å². The number of aromatic nitrogens is 3. The molecule has 0 aliphatic heterocycles. The van der Waals surface area contributed by atoms with Crippen molar-refractivity contribution in [1.29, 1.82) is 0 Å². The third-order valence-corrected chi connectivity index (χ3v) is 3.24. The number of rotatable bonds is 6. The highest BCUT2D eigenvalue weighted by Crippen LogP contribution is 2.28. The van der Waals surface area contributed by atoms with Crippen molar-refractivity contribution in [2.75, 3.05) is 37.5 Å². The predicted octanol–water partition coefficient (Wildman–Crippen LogP) is 2.44. The van der Waals surface area contributed by atoms with Crippen LogP contribution in [0.2, 0.25) is 0 Å². The van der Waals surface area contributed by atoms with Gasteiger partial charge in [-0.05, 0) is 26.0 Å². The Labute approximate surface area is 125 Å². The Morgan fingerprint density at radius 3 is 2.43 bits per heavy atom. The molecule has 2 aromatic rings. The molecule has 21 heavy (non-hydrogen) atoms. The van der Waals surface area contributed by atoms with Crippen LogP contribution in [0.1, 0.15) is 13.8 Å². The molecular weight excluding hydrogens is 266 g/mol. The number of hydrogen-bond acceptors (Lipinski definition) is 6. The van der Waals surface area contributed by atoms with Crippen molar-refractivity contribution < 1.29 is 4.74 Å². The molecule has 6 heteroatoms. The number of ether oxygens (including phenoxy) is 1. The number of nitrogens with zero attached hydrogens (tertiary/aromatic N) is 4. The zero-order valence-corrected chi connectivity index (χ0v) is 12.9. The van der Waals surface area contributed by atoms with Crippen molar-refractivity contribution in [3.8, 4) is 17.1 Å². The van der Waals surface area contributed by atoms with Gasteiger partial charge in [-0.1, -0.05) is 12.1 Å². The largest absolute Gasteiger partial charge is 0.496 e. The lowest BCUT2D eigenvalue weighted by Gasteiger charge is -2.19. The van der Waals surface area contributed by atoms with E-state index in [2.05, 4.69) is 39.0 Å². The van der Waals surface area contributed by atoms with Crippen LogP contribution in [0.25, 0.3) is 11.4 Å². The summed E-state index contributed by atoms with van der Waals surface area (Å²) in [7, 11) is 3.44. The first-order valence-corrected chi connectivity index (χ1v) is 7.05. The number of benzene rings is 1. The molecule has 0 atom stereocenters. The Morgan fingerprint density at radius 1 is 1.10 bits per heavy atom. The van der Waals surface area contributed by atoms with E-state index in [9.17, 15) is 0 Å². The highest BCUT2D eigenvalue weighted by Gasteiger charge is 2.14. The van der Waals surface area contributed by atoms with E-state index in [-0.39, 0.29) is 0 Å². The molecule has 1 aromatic heterocycles. The van der Waals surface area contributed by atoms with Crippen LogP contribution in [0.5, 0.6) is 5.75 Å². The molecule has 1 heterocycles. The molecule has 1 N–H and O–H groups in total. The van der Waals surface area contributed by atoms with E-state index in [1.54, 1.807) is 14.2 Å².